The average molecular weight is 317 g/mol. The molecule has 0 aliphatic carbocycles. The van der Waals surface area contributed by atoms with Gasteiger partial charge in [-0.3, -0.25) is 0 Å². The first kappa shape index (κ1) is 10.8. The topological polar surface area (TPSA) is 0 Å². The molecule has 0 unspecified atom stereocenters. The van der Waals surface area contributed by atoms with Gasteiger partial charge in [0.05, 0.1) is 0 Å². The van der Waals surface area contributed by atoms with Gasteiger partial charge in [0.1, 0.15) is 0 Å². The van der Waals surface area contributed by atoms with Crippen molar-refractivity contribution in [3.63, 3.8) is 0 Å². The van der Waals surface area contributed by atoms with Gasteiger partial charge >= 0.3 is 0 Å². The van der Waals surface area contributed by atoms with E-state index in [1.807, 2.05) is 0 Å². The molecule has 0 radical (unpaired) electrons. The zero-order valence-corrected chi connectivity index (χ0v) is 10.2. The molecule has 1 aromatic rings. The molecule has 1 rings (SSSR count). The van der Waals surface area contributed by atoms with Crippen molar-refractivity contribution in [3.05, 3.63) is 41.3 Å². The van der Waals surface area contributed by atoms with Crippen molar-refractivity contribution in [1.82, 2.24) is 0 Å². The fraction of sp³-hybridized carbons (Fsp3) is 0.300. The van der Waals surface area contributed by atoms with E-state index in [4.69, 9.17) is 0 Å². The van der Waals surface area contributed by atoms with Crippen molar-refractivity contribution in [2.45, 2.75) is 20.8 Å². The fourth-order valence-electron chi connectivity index (χ4n) is 0.887. The van der Waals surface area contributed by atoms with Crippen LogP contribution in [0.3, 0.4) is 0 Å². The van der Waals surface area contributed by atoms with Gasteiger partial charge in [-0.15, -0.1) is 12.1 Å². The third-order valence-corrected chi connectivity index (χ3v) is 1.63. The average Bonchev–Trinajstić information content (AvgIpc) is 1.88. The molecule has 0 aromatic heterocycles. The SMILES string of the molecule is Cc1ccc([C-](C)C)cc1.[W]. The molecule has 0 saturated heterocycles. The molecule has 0 saturated carbocycles. The molecule has 0 spiro atoms. The fourth-order valence-corrected chi connectivity index (χ4v) is 0.887. The minimum Gasteiger partial charge on any atom is -0.189 e. The van der Waals surface area contributed by atoms with Crippen molar-refractivity contribution in [2.24, 2.45) is 0 Å². The minimum absolute atomic E-state index is 0. The number of benzene rings is 1. The van der Waals surface area contributed by atoms with E-state index < -0.39 is 0 Å². The summed E-state index contributed by atoms with van der Waals surface area (Å²) >= 11 is 0. The van der Waals surface area contributed by atoms with Gasteiger partial charge in [0.25, 0.3) is 0 Å². The van der Waals surface area contributed by atoms with Crippen LogP contribution in [0.4, 0.5) is 0 Å². The summed E-state index contributed by atoms with van der Waals surface area (Å²) in [6, 6.07) is 8.60. The van der Waals surface area contributed by atoms with Crippen LogP contribution in [0.2, 0.25) is 0 Å². The van der Waals surface area contributed by atoms with Crippen LogP contribution in [0.1, 0.15) is 25.0 Å². The predicted molar refractivity (Wildman–Crippen MR) is 44.9 cm³/mol. The van der Waals surface area contributed by atoms with E-state index in [9.17, 15) is 0 Å². The van der Waals surface area contributed by atoms with Gasteiger partial charge in [-0.25, -0.2) is 0 Å². The molecule has 0 bridgehead atoms. The summed E-state index contributed by atoms with van der Waals surface area (Å²) in [5.74, 6) is 1.38. The zero-order chi connectivity index (χ0) is 7.56. The van der Waals surface area contributed by atoms with Crippen LogP contribution in [0.15, 0.2) is 24.3 Å². The van der Waals surface area contributed by atoms with Crippen LogP contribution >= 0.6 is 0 Å². The number of rotatable bonds is 1. The van der Waals surface area contributed by atoms with Crippen molar-refractivity contribution in [1.29, 1.82) is 0 Å². The molecule has 0 atom stereocenters. The Labute approximate surface area is 83.3 Å². The zero-order valence-electron chi connectivity index (χ0n) is 7.22. The van der Waals surface area contributed by atoms with Crippen molar-refractivity contribution in [3.8, 4) is 0 Å². The van der Waals surface area contributed by atoms with Crippen molar-refractivity contribution < 1.29 is 21.1 Å². The van der Waals surface area contributed by atoms with Gasteiger partial charge < -0.3 is 0 Å². The molecule has 0 nitrogen and oxygen atoms in total. The molecule has 0 aliphatic heterocycles. The third kappa shape index (κ3) is 3.12. The molecule has 0 N–H and O–H groups in total. The van der Waals surface area contributed by atoms with Crippen LogP contribution in [0.25, 0.3) is 0 Å². The summed E-state index contributed by atoms with van der Waals surface area (Å²) in [7, 11) is 0. The summed E-state index contributed by atoms with van der Waals surface area (Å²) in [5.41, 5.74) is 2.66. The number of aryl methyl sites for hydroxylation is 1. The van der Waals surface area contributed by atoms with E-state index in [0.29, 0.717) is 0 Å². The Morgan fingerprint density at radius 1 is 1.00 bits per heavy atom. The van der Waals surface area contributed by atoms with Crippen LogP contribution < -0.4 is 0 Å². The Balaban J connectivity index is 0.000001000. The van der Waals surface area contributed by atoms with Gasteiger partial charge in [0.2, 0.25) is 0 Å². The van der Waals surface area contributed by atoms with Gasteiger partial charge in [-0.2, -0.15) is 23.6 Å². The van der Waals surface area contributed by atoms with E-state index in [-0.39, 0.29) is 21.1 Å². The summed E-state index contributed by atoms with van der Waals surface area (Å²) < 4.78 is 0. The second-order valence-electron chi connectivity index (χ2n) is 2.87. The molecular formula is C10H13W-. The first-order chi connectivity index (χ1) is 4.70. The second-order valence-corrected chi connectivity index (χ2v) is 2.87. The second kappa shape index (κ2) is 4.61. The van der Waals surface area contributed by atoms with Crippen molar-refractivity contribution in [2.75, 3.05) is 0 Å². The molecule has 1 heteroatoms. The normalized spacial score (nSPS) is 8.64. The van der Waals surface area contributed by atoms with E-state index in [0.717, 1.165) is 0 Å². The Hall–Kier alpha value is -0.222. The summed E-state index contributed by atoms with van der Waals surface area (Å²) in [4.78, 5) is 0. The Morgan fingerprint density at radius 2 is 1.45 bits per heavy atom. The Bertz CT molecular complexity index is 199. The predicted octanol–water partition coefficient (Wildman–Crippen LogP) is 2.95. The quantitative estimate of drug-likeness (QED) is 0.699. The van der Waals surface area contributed by atoms with Gasteiger partial charge in [-0.05, 0) is 6.92 Å². The molecular weight excluding hydrogens is 304 g/mol. The monoisotopic (exact) mass is 317 g/mol. The van der Waals surface area contributed by atoms with E-state index >= 15 is 0 Å². The molecule has 0 heterocycles. The molecule has 0 aliphatic rings. The van der Waals surface area contributed by atoms with Crippen LogP contribution in [0, 0.1) is 12.8 Å². The first-order valence-corrected chi connectivity index (χ1v) is 3.57. The summed E-state index contributed by atoms with van der Waals surface area (Å²) in [6.07, 6.45) is 0. The Kier molecular flexibility index (Phi) is 4.52. The molecule has 60 valence electrons. The first-order valence-electron chi connectivity index (χ1n) is 3.57. The molecule has 0 amide bonds. The largest absolute Gasteiger partial charge is 0.189 e. The maximum absolute atomic E-state index is 2.16. The van der Waals surface area contributed by atoms with Crippen LogP contribution in [-0.2, 0) is 21.1 Å². The number of hydrogen-bond donors (Lipinski definition) is 0. The third-order valence-electron chi connectivity index (χ3n) is 1.63. The van der Waals surface area contributed by atoms with Crippen molar-refractivity contribution >= 4 is 0 Å². The molecule has 1 aromatic carbocycles. The van der Waals surface area contributed by atoms with Gasteiger partial charge in [-0.1, -0.05) is 19.4 Å². The maximum Gasteiger partial charge on any atom is 0 e. The standard InChI is InChI=1S/C10H13.W/c1-8(2)10-6-4-9(3)5-7-10;/h4-7H,1-3H3;/q-1;. The minimum atomic E-state index is 0. The number of hydrogen-bond acceptors (Lipinski definition) is 0. The molecule has 0 fully saturated rings. The summed E-state index contributed by atoms with van der Waals surface area (Å²) in [6.45, 7) is 6.37. The van der Waals surface area contributed by atoms with E-state index in [1.165, 1.54) is 17.0 Å². The maximum atomic E-state index is 2.16. The van der Waals surface area contributed by atoms with Gasteiger partial charge in [0, 0.05) is 21.1 Å². The smallest absolute Gasteiger partial charge is 0 e. The van der Waals surface area contributed by atoms with E-state index in [1.54, 1.807) is 0 Å². The molecule has 11 heavy (non-hydrogen) atoms. The van der Waals surface area contributed by atoms with Gasteiger partial charge in [0.15, 0.2) is 0 Å². The van der Waals surface area contributed by atoms with E-state index in [2.05, 4.69) is 45.0 Å². The van der Waals surface area contributed by atoms with Crippen LogP contribution in [0.5, 0.6) is 0 Å². The summed E-state index contributed by atoms with van der Waals surface area (Å²) in [5, 5.41) is 0. The Morgan fingerprint density at radius 3 is 1.82 bits per heavy atom. The van der Waals surface area contributed by atoms with Crippen LogP contribution in [-0.4, -0.2) is 0 Å².